The maximum atomic E-state index is 13.0. The van der Waals surface area contributed by atoms with Gasteiger partial charge in [0.1, 0.15) is 5.75 Å². The highest BCUT2D eigenvalue weighted by molar-refractivity contribution is 5.95. The largest absolute Gasteiger partial charge is 0.497 e. The summed E-state index contributed by atoms with van der Waals surface area (Å²) in [5.41, 5.74) is 4.08. The van der Waals surface area contributed by atoms with Crippen molar-refractivity contribution in [3.05, 3.63) is 53.6 Å². The van der Waals surface area contributed by atoms with Crippen LogP contribution in [-0.4, -0.2) is 44.2 Å². The number of carbonyl (C=O) groups is 1. The number of ether oxygens (including phenoxy) is 2. The Morgan fingerprint density at radius 1 is 1.15 bits per heavy atom. The molecule has 0 aromatic heterocycles. The van der Waals surface area contributed by atoms with Crippen LogP contribution in [0.15, 0.2) is 42.5 Å². The highest BCUT2D eigenvalue weighted by atomic mass is 16.5. The van der Waals surface area contributed by atoms with Gasteiger partial charge in [0, 0.05) is 31.9 Å². The smallest absolute Gasteiger partial charge is 0.253 e. The predicted molar refractivity (Wildman–Crippen MR) is 108 cm³/mol. The number of hydrogen-bond acceptors (Lipinski definition) is 3. The van der Waals surface area contributed by atoms with Gasteiger partial charge in [0.2, 0.25) is 0 Å². The summed E-state index contributed by atoms with van der Waals surface area (Å²) in [7, 11) is 1.67. The fraction of sp³-hybridized carbons (Fsp3) is 0.435. The van der Waals surface area contributed by atoms with E-state index in [2.05, 4.69) is 19.1 Å². The van der Waals surface area contributed by atoms with Crippen LogP contribution < -0.4 is 4.74 Å². The van der Waals surface area contributed by atoms with Crippen LogP contribution in [0.1, 0.15) is 35.7 Å². The number of carbonyl (C=O) groups excluding carboxylic acids is 1. The van der Waals surface area contributed by atoms with Crippen LogP contribution in [0.2, 0.25) is 0 Å². The Kier molecular flexibility index (Phi) is 6.51. The maximum Gasteiger partial charge on any atom is 0.253 e. The molecule has 1 aliphatic rings. The molecule has 4 heteroatoms. The highest BCUT2D eigenvalue weighted by Crippen LogP contribution is 2.28. The minimum absolute atomic E-state index is 0.123. The van der Waals surface area contributed by atoms with E-state index >= 15 is 0 Å². The molecule has 1 saturated heterocycles. The quantitative estimate of drug-likeness (QED) is 0.751. The van der Waals surface area contributed by atoms with Crippen LogP contribution in [0.5, 0.6) is 5.75 Å². The van der Waals surface area contributed by atoms with Crippen LogP contribution in [0.3, 0.4) is 0 Å². The minimum atomic E-state index is 0.123. The van der Waals surface area contributed by atoms with E-state index in [4.69, 9.17) is 9.47 Å². The van der Waals surface area contributed by atoms with Gasteiger partial charge in [-0.3, -0.25) is 4.79 Å². The molecule has 27 heavy (non-hydrogen) atoms. The molecule has 0 aliphatic carbocycles. The van der Waals surface area contributed by atoms with E-state index in [9.17, 15) is 4.79 Å². The van der Waals surface area contributed by atoms with Crippen molar-refractivity contribution in [2.45, 2.75) is 26.7 Å². The van der Waals surface area contributed by atoms with Crippen LogP contribution in [0.4, 0.5) is 0 Å². The van der Waals surface area contributed by atoms with Crippen LogP contribution in [0, 0.1) is 12.8 Å². The molecule has 2 aromatic rings. The van der Waals surface area contributed by atoms with E-state index in [1.807, 2.05) is 42.2 Å². The molecule has 0 spiro atoms. The molecule has 1 fully saturated rings. The summed E-state index contributed by atoms with van der Waals surface area (Å²) in [6, 6.07) is 14.0. The monoisotopic (exact) mass is 367 g/mol. The Labute approximate surface area is 162 Å². The molecule has 0 atom stereocenters. The normalized spacial score (nSPS) is 15.0. The van der Waals surface area contributed by atoms with Gasteiger partial charge in [-0.1, -0.05) is 18.2 Å². The zero-order valence-electron chi connectivity index (χ0n) is 16.5. The lowest BCUT2D eigenvalue weighted by Crippen LogP contribution is -2.39. The van der Waals surface area contributed by atoms with Crippen molar-refractivity contribution in [2.75, 3.05) is 33.4 Å². The van der Waals surface area contributed by atoms with E-state index < -0.39 is 0 Å². The Bertz CT molecular complexity index is 779. The van der Waals surface area contributed by atoms with E-state index in [-0.39, 0.29) is 5.91 Å². The summed E-state index contributed by atoms with van der Waals surface area (Å²) < 4.78 is 10.8. The number of hydrogen-bond donors (Lipinski definition) is 0. The van der Waals surface area contributed by atoms with Gasteiger partial charge in [-0.15, -0.1) is 0 Å². The molecule has 4 nitrogen and oxygen atoms in total. The summed E-state index contributed by atoms with van der Waals surface area (Å²) >= 11 is 0. The van der Waals surface area contributed by atoms with E-state index in [0.29, 0.717) is 5.92 Å². The summed E-state index contributed by atoms with van der Waals surface area (Å²) in [4.78, 5) is 14.9. The molecule has 1 aliphatic heterocycles. The molecule has 0 bridgehead atoms. The van der Waals surface area contributed by atoms with Crippen molar-refractivity contribution in [1.82, 2.24) is 4.90 Å². The Balaban J connectivity index is 1.71. The van der Waals surface area contributed by atoms with Crippen LogP contribution in [-0.2, 0) is 4.74 Å². The second-order valence-corrected chi connectivity index (χ2v) is 7.16. The van der Waals surface area contributed by atoms with Gasteiger partial charge in [0.15, 0.2) is 0 Å². The Morgan fingerprint density at radius 3 is 2.59 bits per heavy atom. The van der Waals surface area contributed by atoms with Gasteiger partial charge in [-0.2, -0.15) is 0 Å². The van der Waals surface area contributed by atoms with E-state index in [1.165, 1.54) is 0 Å². The molecule has 144 valence electrons. The first-order valence-electron chi connectivity index (χ1n) is 9.74. The molecule has 1 heterocycles. The van der Waals surface area contributed by atoms with Crippen molar-refractivity contribution in [3.8, 4) is 16.9 Å². The SMILES string of the molecule is CCOCC1CCN(C(=O)c2cccc(-c3ccc(OC)cc3C)c2)CC1. The summed E-state index contributed by atoms with van der Waals surface area (Å²) in [5, 5.41) is 0. The number of methoxy groups -OCH3 is 1. The first kappa shape index (κ1) is 19.4. The van der Waals surface area contributed by atoms with Gasteiger partial charge >= 0.3 is 0 Å². The first-order valence-corrected chi connectivity index (χ1v) is 9.74. The number of rotatable bonds is 6. The predicted octanol–water partition coefficient (Wildman–Crippen LogP) is 4.56. The number of benzene rings is 2. The number of aryl methyl sites for hydroxylation is 1. The lowest BCUT2D eigenvalue weighted by molar-refractivity contribution is 0.0551. The third-order valence-corrected chi connectivity index (χ3v) is 5.31. The molecule has 0 saturated carbocycles. The van der Waals surface area contributed by atoms with Crippen LogP contribution in [0.25, 0.3) is 11.1 Å². The standard InChI is InChI=1S/C23H29NO3/c1-4-27-16-18-10-12-24(13-11-18)23(25)20-7-5-6-19(15-20)22-9-8-21(26-3)14-17(22)2/h5-9,14-15,18H,4,10-13,16H2,1-3H3. The van der Waals surface area contributed by atoms with Gasteiger partial charge in [-0.05, 0) is 73.6 Å². The second kappa shape index (κ2) is 9.05. The van der Waals surface area contributed by atoms with Gasteiger partial charge < -0.3 is 14.4 Å². The third-order valence-electron chi connectivity index (χ3n) is 5.31. The topological polar surface area (TPSA) is 38.8 Å². The van der Waals surface area contributed by atoms with Gasteiger partial charge in [0.25, 0.3) is 5.91 Å². The molecular weight excluding hydrogens is 338 g/mol. The lowest BCUT2D eigenvalue weighted by Gasteiger charge is -2.32. The third kappa shape index (κ3) is 4.69. The first-order chi connectivity index (χ1) is 13.1. The van der Waals surface area contributed by atoms with Crippen molar-refractivity contribution >= 4 is 5.91 Å². The molecule has 2 aromatic carbocycles. The molecule has 0 N–H and O–H groups in total. The molecular formula is C23H29NO3. The summed E-state index contributed by atoms with van der Waals surface area (Å²) in [5.74, 6) is 1.54. The minimum Gasteiger partial charge on any atom is -0.497 e. The zero-order valence-corrected chi connectivity index (χ0v) is 16.5. The van der Waals surface area contributed by atoms with Gasteiger partial charge in [-0.25, -0.2) is 0 Å². The molecule has 3 rings (SSSR count). The molecule has 0 radical (unpaired) electrons. The Hall–Kier alpha value is -2.33. The van der Waals surface area contributed by atoms with Crippen molar-refractivity contribution in [1.29, 1.82) is 0 Å². The maximum absolute atomic E-state index is 13.0. The summed E-state index contributed by atoms with van der Waals surface area (Å²) in [6.07, 6.45) is 2.03. The zero-order chi connectivity index (χ0) is 19.2. The van der Waals surface area contributed by atoms with E-state index in [1.54, 1.807) is 7.11 Å². The van der Waals surface area contributed by atoms with Crippen molar-refractivity contribution in [3.63, 3.8) is 0 Å². The van der Waals surface area contributed by atoms with E-state index in [0.717, 1.165) is 67.1 Å². The van der Waals surface area contributed by atoms with Crippen molar-refractivity contribution in [2.24, 2.45) is 5.92 Å². The number of nitrogens with zero attached hydrogens (tertiary/aromatic N) is 1. The lowest BCUT2D eigenvalue weighted by atomic mass is 9.96. The van der Waals surface area contributed by atoms with Gasteiger partial charge in [0.05, 0.1) is 7.11 Å². The van der Waals surface area contributed by atoms with Crippen molar-refractivity contribution < 1.29 is 14.3 Å². The molecule has 1 amide bonds. The fourth-order valence-corrected chi connectivity index (χ4v) is 3.68. The number of piperidine rings is 1. The Morgan fingerprint density at radius 2 is 1.93 bits per heavy atom. The number of likely N-dealkylation sites (tertiary alicyclic amines) is 1. The average Bonchev–Trinajstić information content (AvgIpc) is 2.72. The fourth-order valence-electron chi connectivity index (χ4n) is 3.68. The van der Waals surface area contributed by atoms with Crippen LogP contribution >= 0.6 is 0 Å². The average molecular weight is 367 g/mol. The molecule has 0 unspecified atom stereocenters. The highest BCUT2D eigenvalue weighted by Gasteiger charge is 2.24. The summed E-state index contributed by atoms with van der Waals surface area (Å²) in [6.45, 7) is 7.28. The number of amides is 1. The second-order valence-electron chi connectivity index (χ2n) is 7.16.